The van der Waals surface area contributed by atoms with Crippen LogP contribution in [0, 0.1) is 0 Å². The van der Waals surface area contributed by atoms with Gasteiger partial charge in [-0.1, -0.05) is 41.9 Å². The van der Waals surface area contributed by atoms with Gasteiger partial charge in [-0.25, -0.2) is 4.79 Å². The molecule has 0 saturated carbocycles. The van der Waals surface area contributed by atoms with Crippen molar-refractivity contribution in [2.45, 2.75) is 13.0 Å². The third kappa shape index (κ3) is 4.88. The highest BCUT2D eigenvalue weighted by molar-refractivity contribution is 6.31. The third-order valence-electron chi connectivity index (χ3n) is 5.59. The number of fused-ring (bicyclic) bond motifs is 1. The fraction of sp³-hybridized carbons (Fsp3) is 0.154. The summed E-state index contributed by atoms with van der Waals surface area (Å²) in [6.07, 6.45) is 0. The lowest BCUT2D eigenvalue weighted by molar-refractivity contribution is -0.119. The largest absolute Gasteiger partial charge is 0.495 e. The first-order valence-electron chi connectivity index (χ1n) is 10.7. The molecule has 0 unspecified atom stereocenters. The van der Waals surface area contributed by atoms with Crippen LogP contribution in [0.2, 0.25) is 5.02 Å². The molecule has 1 N–H and O–H groups in total. The Balaban J connectivity index is 1.44. The predicted molar refractivity (Wildman–Crippen MR) is 129 cm³/mol. The van der Waals surface area contributed by atoms with E-state index in [0.717, 1.165) is 5.56 Å². The van der Waals surface area contributed by atoms with Gasteiger partial charge in [-0.3, -0.25) is 19.3 Å². The van der Waals surface area contributed by atoms with Gasteiger partial charge in [0, 0.05) is 5.02 Å². The fourth-order valence-electron chi connectivity index (χ4n) is 3.80. The van der Waals surface area contributed by atoms with E-state index in [0.29, 0.717) is 16.5 Å². The van der Waals surface area contributed by atoms with E-state index in [4.69, 9.17) is 21.1 Å². The number of imide groups is 1. The molecule has 4 rings (SSSR count). The Labute approximate surface area is 206 Å². The maximum Gasteiger partial charge on any atom is 0.338 e. The van der Waals surface area contributed by atoms with Crippen molar-refractivity contribution in [3.63, 3.8) is 0 Å². The van der Waals surface area contributed by atoms with Gasteiger partial charge in [0.2, 0.25) is 0 Å². The van der Waals surface area contributed by atoms with Gasteiger partial charge in [0.05, 0.1) is 35.5 Å². The first-order valence-corrected chi connectivity index (χ1v) is 11.1. The van der Waals surface area contributed by atoms with Crippen molar-refractivity contribution in [2.24, 2.45) is 0 Å². The van der Waals surface area contributed by atoms with Crippen LogP contribution in [0.4, 0.5) is 5.69 Å². The molecule has 0 spiro atoms. The molecule has 0 bridgehead atoms. The van der Waals surface area contributed by atoms with Crippen LogP contribution in [0.5, 0.6) is 5.75 Å². The van der Waals surface area contributed by atoms with Crippen LogP contribution in [0.25, 0.3) is 0 Å². The summed E-state index contributed by atoms with van der Waals surface area (Å²) in [5.74, 6) is -1.95. The van der Waals surface area contributed by atoms with Gasteiger partial charge in [-0.05, 0) is 48.9 Å². The van der Waals surface area contributed by atoms with Crippen LogP contribution in [-0.2, 0) is 9.53 Å². The number of carbonyl (C=O) groups is 4. The quantitative estimate of drug-likeness (QED) is 0.385. The Kier molecular flexibility index (Phi) is 6.84. The maximum atomic E-state index is 13.0. The Morgan fingerprint density at radius 2 is 1.69 bits per heavy atom. The second-order valence-electron chi connectivity index (χ2n) is 7.80. The van der Waals surface area contributed by atoms with Crippen molar-refractivity contribution in [2.75, 3.05) is 19.0 Å². The van der Waals surface area contributed by atoms with Gasteiger partial charge in [0.15, 0.2) is 6.61 Å². The Morgan fingerprint density at radius 3 is 2.40 bits per heavy atom. The minimum Gasteiger partial charge on any atom is -0.495 e. The number of esters is 1. The molecular formula is C26H21ClN2O6. The predicted octanol–water partition coefficient (Wildman–Crippen LogP) is 4.50. The zero-order valence-corrected chi connectivity index (χ0v) is 19.7. The number of halogens is 1. The van der Waals surface area contributed by atoms with Crippen LogP contribution in [-0.4, -0.2) is 42.3 Å². The molecular weight excluding hydrogens is 472 g/mol. The third-order valence-corrected chi connectivity index (χ3v) is 5.83. The minimum atomic E-state index is -0.809. The lowest BCUT2D eigenvalue weighted by atomic mass is 10.1. The van der Waals surface area contributed by atoms with Crippen molar-refractivity contribution < 1.29 is 28.7 Å². The molecule has 0 aromatic heterocycles. The van der Waals surface area contributed by atoms with Gasteiger partial charge < -0.3 is 14.8 Å². The average Bonchev–Trinajstić information content (AvgIpc) is 3.12. The monoisotopic (exact) mass is 492 g/mol. The van der Waals surface area contributed by atoms with Gasteiger partial charge in [-0.2, -0.15) is 0 Å². The lowest BCUT2D eigenvalue weighted by Crippen LogP contribution is -2.32. The Morgan fingerprint density at radius 1 is 0.971 bits per heavy atom. The van der Waals surface area contributed by atoms with Gasteiger partial charge in [0.25, 0.3) is 17.7 Å². The summed E-state index contributed by atoms with van der Waals surface area (Å²) in [4.78, 5) is 51.9. The van der Waals surface area contributed by atoms with Gasteiger partial charge >= 0.3 is 5.97 Å². The van der Waals surface area contributed by atoms with E-state index >= 15 is 0 Å². The molecule has 0 fully saturated rings. The summed E-state index contributed by atoms with van der Waals surface area (Å²) in [7, 11) is 1.44. The fourth-order valence-corrected chi connectivity index (χ4v) is 3.97. The molecule has 178 valence electrons. The van der Waals surface area contributed by atoms with Crippen LogP contribution in [0.1, 0.15) is 49.6 Å². The van der Waals surface area contributed by atoms with Crippen LogP contribution in [0.15, 0.2) is 66.7 Å². The zero-order valence-electron chi connectivity index (χ0n) is 18.9. The molecule has 8 nitrogen and oxygen atoms in total. The van der Waals surface area contributed by atoms with E-state index < -0.39 is 36.3 Å². The van der Waals surface area contributed by atoms with E-state index in [1.54, 1.807) is 19.1 Å². The standard InChI is InChI=1S/C26H21ClN2O6/c1-15(16-6-4-3-5-7-16)29-24(31)19-10-8-17(12-20(19)25(29)32)26(33)35-14-23(30)28-21-13-18(27)9-11-22(21)34-2/h3-13,15H,14H2,1-2H3,(H,28,30)/t15-/m0/s1. The summed E-state index contributed by atoms with van der Waals surface area (Å²) >= 11 is 5.95. The van der Waals surface area contributed by atoms with Crippen LogP contribution in [0.3, 0.4) is 0 Å². The number of methoxy groups -OCH3 is 1. The first-order chi connectivity index (χ1) is 16.8. The molecule has 0 saturated heterocycles. The molecule has 35 heavy (non-hydrogen) atoms. The van der Waals surface area contributed by atoms with Crippen molar-refractivity contribution in [1.29, 1.82) is 0 Å². The zero-order chi connectivity index (χ0) is 25.1. The number of anilines is 1. The lowest BCUT2D eigenvalue weighted by Gasteiger charge is -2.22. The normalized spacial score (nSPS) is 13.3. The number of rotatable bonds is 7. The molecule has 3 amide bonds. The highest BCUT2D eigenvalue weighted by Gasteiger charge is 2.39. The molecule has 1 aliphatic heterocycles. The summed E-state index contributed by atoms with van der Waals surface area (Å²) in [6, 6.07) is 17.5. The number of hydrogen-bond acceptors (Lipinski definition) is 6. The van der Waals surface area contributed by atoms with Crippen molar-refractivity contribution in [1.82, 2.24) is 4.90 Å². The topological polar surface area (TPSA) is 102 Å². The van der Waals surface area contributed by atoms with E-state index in [9.17, 15) is 19.2 Å². The highest BCUT2D eigenvalue weighted by Crippen LogP contribution is 2.32. The first kappa shape index (κ1) is 24.0. The number of ether oxygens (including phenoxy) is 2. The van der Waals surface area contributed by atoms with E-state index in [1.807, 2.05) is 30.3 Å². The Hall–Kier alpha value is -4.17. The molecule has 9 heteroatoms. The summed E-state index contributed by atoms with van der Waals surface area (Å²) in [5, 5.41) is 2.96. The van der Waals surface area contributed by atoms with E-state index in [2.05, 4.69) is 5.32 Å². The number of benzene rings is 3. The van der Waals surface area contributed by atoms with E-state index in [1.165, 1.54) is 36.3 Å². The van der Waals surface area contributed by atoms with Crippen LogP contribution >= 0.6 is 11.6 Å². The number of hydrogen-bond donors (Lipinski definition) is 1. The number of nitrogens with zero attached hydrogens (tertiary/aromatic N) is 1. The van der Waals surface area contributed by atoms with E-state index in [-0.39, 0.29) is 16.7 Å². The molecule has 1 atom stereocenters. The highest BCUT2D eigenvalue weighted by atomic mass is 35.5. The van der Waals surface area contributed by atoms with Gasteiger partial charge in [0.1, 0.15) is 5.75 Å². The second-order valence-corrected chi connectivity index (χ2v) is 8.23. The number of amides is 3. The molecule has 1 aliphatic rings. The number of nitrogens with one attached hydrogen (secondary N) is 1. The van der Waals surface area contributed by atoms with Crippen molar-refractivity contribution >= 4 is 41.0 Å². The smallest absolute Gasteiger partial charge is 0.338 e. The van der Waals surface area contributed by atoms with Crippen molar-refractivity contribution in [3.8, 4) is 5.75 Å². The molecule has 0 radical (unpaired) electrons. The SMILES string of the molecule is COc1ccc(Cl)cc1NC(=O)COC(=O)c1ccc2c(c1)C(=O)N([C@@H](C)c1ccccc1)C2=O. The second kappa shape index (κ2) is 9.99. The molecule has 3 aromatic carbocycles. The Bertz CT molecular complexity index is 1320. The minimum absolute atomic E-state index is 0.0484. The summed E-state index contributed by atoms with van der Waals surface area (Å²) in [6.45, 7) is 1.19. The molecule has 3 aromatic rings. The molecule has 0 aliphatic carbocycles. The average molecular weight is 493 g/mol. The summed E-state index contributed by atoms with van der Waals surface area (Å²) in [5.41, 5.74) is 1.51. The maximum absolute atomic E-state index is 13.0. The van der Waals surface area contributed by atoms with Crippen molar-refractivity contribution in [3.05, 3.63) is 94.0 Å². The summed E-state index contributed by atoms with van der Waals surface area (Å²) < 4.78 is 10.3. The number of carbonyl (C=O) groups excluding carboxylic acids is 4. The van der Waals surface area contributed by atoms with Gasteiger partial charge in [-0.15, -0.1) is 0 Å². The van der Waals surface area contributed by atoms with Crippen LogP contribution < -0.4 is 10.1 Å². The molecule has 1 heterocycles.